The molecule has 0 amide bonds. The Labute approximate surface area is 42.9 Å². The largest absolute Gasteiger partial charge is 0.482 e. The lowest BCUT2D eigenvalue weighted by atomic mass is 10.5. The third-order valence-corrected chi connectivity index (χ3v) is 0. The van der Waals surface area contributed by atoms with Gasteiger partial charge in [0.15, 0.2) is 0 Å². The van der Waals surface area contributed by atoms with Crippen molar-refractivity contribution in [3.8, 4) is 0 Å². The molecule has 1 unspecified atom stereocenters. The Morgan fingerprint density at radius 1 is 1.57 bits per heavy atom. The molecule has 0 aromatic carbocycles. The van der Waals surface area contributed by atoms with Crippen molar-refractivity contribution in [1.82, 2.24) is 0 Å². The predicted molar refractivity (Wildman–Crippen MR) is 26.1 cm³/mol. The Hall–Kier alpha value is -0.0951. The zero-order valence-corrected chi connectivity index (χ0v) is 4.07. The van der Waals surface area contributed by atoms with Crippen molar-refractivity contribution in [2.45, 2.75) is 13.2 Å². The lowest BCUT2D eigenvalue weighted by Gasteiger charge is -1.82. The van der Waals surface area contributed by atoms with Crippen molar-refractivity contribution < 1.29 is 15.2 Å². The molecule has 7 heavy (non-hydrogen) atoms. The number of rotatable bonds is 0. The number of hydrogen-bond acceptors (Lipinski definition) is 4. The Morgan fingerprint density at radius 3 is 1.57 bits per heavy atom. The SMILES string of the molecule is CC(N)O.O[B]O. The van der Waals surface area contributed by atoms with Gasteiger partial charge in [-0.3, -0.25) is 0 Å². The van der Waals surface area contributed by atoms with Crippen LogP contribution in [-0.2, 0) is 0 Å². The molecule has 0 fully saturated rings. The van der Waals surface area contributed by atoms with Gasteiger partial charge in [-0.25, -0.2) is 0 Å². The Morgan fingerprint density at radius 2 is 1.57 bits per heavy atom. The van der Waals surface area contributed by atoms with Crippen molar-refractivity contribution in [2.75, 3.05) is 0 Å². The van der Waals surface area contributed by atoms with E-state index < -0.39 is 6.23 Å². The summed E-state index contributed by atoms with van der Waals surface area (Å²) in [5.74, 6) is 0. The summed E-state index contributed by atoms with van der Waals surface area (Å²) < 4.78 is 0. The lowest BCUT2D eigenvalue weighted by Crippen LogP contribution is -2.11. The van der Waals surface area contributed by atoms with Crippen molar-refractivity contribution in [3.63, 3.8) is 0 Å². The summed E-state index contributed by atoms with van der Waals surface area (Å²) in [7, 11) is 0. The van der Waals surface area contributed by atoms with E-state index in [0.717, 1.165) is 0 Å². The Kier molecular flexibility index (Phi) is 13.3. The van der Waals surface area contributed by atoms with E-state index >= 15 is 0 Å². The van der Waals surface area contributed by atoms with Crippen molar-refractivity contribution >= 4 is 7.69 Å². The summed E-state index contributed by atoms with van der Waals surface area (Å²) >= 11 is 0. The minimum atomic E-state index is -0.667. The van der Waals surface area contributed by atoms with E-state index in [-0.39, 0.29) is 7.69 Å². The van der Waals surface area contributed by atoms with Crippen LogP contribution in [0.3, 0.4) is 0 Å². The van der Waals surface area contributed by atoms with Crippen LogP contribution < -0.4 is 5.73 Å². The van der Waals surface area contributed by atoms with Crippen LogP contribution in [0.4, 0.5) is 0 Å². The van der Waals surface area contributed by atoms with Gasteiger partial charge >= 0.3 is 7.69 Å². The summed E-state index contributed by atoms with van der Waals surface area (Å²) in [6, 6.07) is 0. The van der Waals surface area contributed by atoms with E-state index in [4.69, 9.17) is 15.2 Å². The summed E-state index contributed by atoms with van der Waals surface area (Å²) in [4.78, 5) is 0. The summed E-state index contributed by atoms with van der Waals surface area (Å²) in [6.07, 6.45) is -0.667. The number of nitrogens with two attached hydrogens (primary N) is 1. The number of aliphatic hydroxyl groups excluding tert-OH is 1. The molecule has 0 bridgehead atoms. The molecule has 5 heteroatoms. The molecule has 5 N–H and O–H groups in total. The van der Waals surface area contributed by atoms with Crippen LogP contribution >= 0.6 is 0 Å². The van der Waals surface area contributed by atoms with Crippen molar-refractivity contribution in [1.29, 1.82) is 0 Å². The topological polar surface area (TPSA) is 86.7 Å². The predicted octanol–water partition coefficient (Wildman–Crippen LogP) is -2.21. The summed E-state index contributed by atoms with van der Waals surface area (Å²) in [5, 5.41) is 21.8. The first-order valence-electron chi connectivity index (χ1n) is 1.69. The molecule has 1 radical (unpaired) electrons. The van der Waals surface area contributed by atoms with Crippen LogP contribution in [0.5, 0.6) is 0 Å². The zero-order valence-electron chi connectivity index (χ0n) is 4.07. The highest BCUT2D eigenvalue weighted by atomic mass is 16.4. The second-order valence-corrected chi connectivity index (χ2v) is 0.856. The van der Waals surface area contributed by atoms with E-state index in [1.54, 1.807) is 0 Å². The fraction of sp³-hybridized carbons (Fsp3) is 1.00. The summed E-state index contributed by atoms with van der Waals surface area (Å²) in [6.45, 7) is 1.50. The molecule has 0 aromatic rings. The third-order valence-electron chi connectivity index (χ3n) is 0. The van der Waals surface area contributed by atoms with E-state index in [2.05, 4.69) is 5.73 Å². The maximum Gasteiger partial charge on any atom is 0.482 e. The van der Waals surface area contributed by atoms with Crippen LogP contribution in [0.15, 0.2) is 0 Å². The van der Waals surface area contributed by atoms with Crippen LogP contribution in [0.25, 0.3) is 0 Å². The molecular formula is C2H9BNO3. The Balaban J connectivity index is 0. The van der Waals surface area contributed by atoms with Gasteiger partial charge in [-0.15, -0.1) is 0 Å². The molecule has 0 saturated carbocycles. The molecule has 1 atom stereocenters. The fourth-order valence-corrected chi connectivity index (χ4v) is 0. The lowest BCUT2D eigenvalue weighted by molar-refractivity contribution is 0.203. The molecule has 0 aliphatic heterocycles. The van der Waals surface area contributed by atoms with E-state index in [1.165, 1.54) is 6.92 Å². The van der Waals surface area contributed by atoms with Gasteiger partial charge in [0.2, 0.25) is 0 Å². The van der Waals surface area contributed by atoms with E-state index in [0.29, 0.717) is 0 Å². The second kappa shape index (κ2) is 9.32. The van der Waals surface area contributed by atoms with Gasteiger partial charge in [0, 0.05) is 0 Å². The monoisotopic (exact) mass is 106 g/mol. The van der Waals surface area contributed by atoms with E-state index in [1.807, 2.05) is 0 Å². The van der Waals surface area contributed by atoms with Crippen molar-refractivity contribution in [2.24, 2.45) is 5.73 Å². The van der Waals surface area contributed by atoms with Gasteiger partial charge in [0.1, 0.15) is 0 Å². The molecule has 0 rings (SSSR count). The highest BCUT2D eigenvalue weighted by Gasteiger charge is 1.68. The van der Waals surface area contributed by atoms with Crippen LogP contribution in [0.1, 0.15) is 6.92 Å². The molecule has 0 aliphatic carbocycles. The van der Waals surface area contributed by atoms with Crippen LogP contribution in [0.2, 0.25) is 0 Å². The smallest absolute Gasteiger partial charge is 0.429 e. The highest BCUT2D eigenvalue weighted by Crippen LogP contribution is 1.50. The van der Waals surface area contributed by atoms with Gasteiger partial charge in [-0.05, 0) is 6.92 Å². The van der Waals surface area contributed by atoms with E-state index in [9.17, 15) is 0 Å². The second-order valence-electron chi connectivity index (χ2n) is 0.856. The maximum atomic E-state index is 7.83. The third kappa shape index (κ3) is 9960. The average Bonchev–Trinajstić information content (AvgIpc) is 1.33. The van der Waals surface area contributed by atoms with Crippen LogP contribution in [-0.4, -0.2) is 29.1 Å². The Bertz CT molecular complexity index is 24.1. The van der Waals surface area contributed by atoms with Crippen LogP contribution in [0, 0.1) is 0 Å². The summed E-state index contributed by atoms with van der Waals surface area (Å²) in [5.41, 5.74) is 4.67. The normalized spacial score (nSPS) is 11.0. The maximum absolute atomic E-state index is 7.83. The number of aliphatic hydroxyl groups is 1. The standard InChI is InChI=1S/C2H7NO.BH2O2/c1-2(3)4;2-1-3/h2,4H,3H2,1H3;2-3H. The quantitative estimate of drug-likeness (QED) is 0.208. The first-order chi connectivity index (χ1) is 3.15. The molecule has 4 nitrogen and oxygen atoms in total. The van der Waals surface area contributed by atoms with Gasteiger partial charge < -0.3 is 20.9 Å². The van der Waals surface area contributed by atoms with Gasteiger partial charge in [0.25, 0.3) is 0 Å². The first-order valence-corrected chi connectivity index (χ1v) is 1.69. The molecule has 0 aliphatic rings. The molecular weight excluding hydrogens is 96.8 g/mol. The van der Waals surface area contributed by atoms with Gasteiger partial charge in [-0.2, -0.15) is 0 Å². The molecule has 0 spiro atoms. The van der Waals surface area contributed by atoms with Gasteiger partial charge in [0.05, 0.1) is 6.23 Å². The zero-order chi connectivity index (χ0) is 6.28. The minimum Gasteiger partial charge on any atom is -0.429 e. The number of hydrogen-bond donors (Lipinski definition) is 4. The minimum absolute atomic E-state index is 0. The van der Waals surface area contributed by atoms with Crippen molar-refractivity contribution in [3.05, 3.63) is 0 Å². The molecule has 43 valence electrons. The average molecular weight is 106 g/mol. The molecule has 0 saturated heterocycles. The molecule has 0 aromatic heterocycles. The fourth-order valence-electron chi connectivity index (χ4n) is 0. The highest BCUT2D eigenvalue weighted by molar-refractivity contribution is 6.13. The van der Waals surface area contributed by atoms with Gasteiger partial charge in [-0.1, -0.05) is 0 Å². The molecule has 0 heterocycles. The first kappa shape index (κ1) is 10.0.